The van der Waals surface area contributed by atoms with Gasteiger partial charge in [0.05, 0.1) is 33.2 Å². The van der Waals surface area contributed by atoms with Crippen molar-refractivity contribution in [3.8, 4) is 28.0 Å². The molecule has 17 nitrogen and oxygen atoms in total. The Morgan fingerprint density at radius 3 is 2.61 bits per heavy atom. The van der Waals surface area contributed by atoms with Crippen LogP contribution in [0.5, 0.6) is 0 Å². The van der Waals surface area contributed by atoms with Gasteiger partial charge in [0.15, 0.2) is 0 Å². The van der Waals surface area contributed by atoms with E-state index in [1.54, 1.807) is 23.6 Å². The Kier molecular flexibility index (Phi) is 15.1. The van der Waals surface area contributed by atoms with Gasteiger partial charge in [-0.2, -0.15) is 10.2 Å². The summed E-state index contributed by atoms with van der Waals surface area (Å²) in [5.74, 6) is 0.512. The molecule has 5 aromatic rings. The molecule has 3 aliphatic rings. The Morgan fingerprint density at radius 2 is 1.87 bits per heavy atom. The molecule has 5 atom stereocenters. The number of nitrogens with two attached hydrogens (primary N) is 1. The lowest BCUT2D eigenvalue weighted by atomic mass is 9.72. The summed E-state index contributed by atoms with van der Waals surface area (Å²) in [5, 5.41) is 31.4. The number of aromatic nitrogens is 5. The molecule has 2 fully saturated rings. The van der Waals surface area contributed by atoms with Gasteiger partial charge in [-0.1, -0.05) is 56.6 Å². The number of nitrogens with zero attached hydrogens (tertiary/aromatic N) is 9. The number of hydrogen-bond acceptors (Lipinski definition) is 16. The van der Waals surface area contributed by atoms with Crippen molar-refractivity contribution < 1.29 is 24.0 Å². The Bertz CT molecular complexity index is 2670. The number of carbonyl (C=O) groups excluding carboxylic acids is 3. The molecule has 4 aromatic heterocycles. The number of aliphatic hydroxyl groups excluding tert-OH is 1. The predicted octanol–water partition coefficient (Wildman–Crippen LogP) is 6.39. The number of unbranched alkanes of at least 4 members (excludes halogenated alkanes) is 2. The van der Waals surface area contributed by atoms with Gasteiger partial charge in [0.1, 0.15) is 28.8 Å². The monoisotopic (exact) mass is 976 g/mol. The van der Waals surface area contributed by atoms with Crippen LogP contribution in [-0.2, 0) is 32.8 Å². The molecule has 19 heteroatoms. The van der Waals surface area contributed by atoms with Crippen molar-refractivity contribution in [2.75, 3.05) is 43.4 Å². The van der Waals surface area contributed by atoms with E-state index >= 15 is 0 Å². The lowest BCUT2D eigenvalue weighted by Gasteiger charge is -2.35. The summed E-state index contributed by atoms with van der Waals surface area (Å²) in [6.07, 6.45) is 7.22. The number of anilines is 2. The summed E-state index contributed by atoms with van der Waals surface area (Å²) in [4.78, 5) is 68.1. The molecule has 0 radical (unpaired) electrons. The smallest absolute Gasteiger partial charge is 0.246 e. The zero-order chi connectivity index (χ0) is 49.0. The van der Waals surface area contributed by atoms with E-state index in [0.717, 1.165) is 96.8 Å². The molecule has 1 aromatic carbocycles. The van der Waals surface area contributed by atoms with Crippen LogP contribution < -0.4 is 21.3 Å². The van der Waals surface area contributed by atoms with Crippen LogP contribution >= 0.6 is 22.7 Å². The summed E-state index contributed by atoms with van der Waals surface area (Å²) >= 11 is 3.05. The maximum Gasteiger partial charge on any atom is 0.246 e. The second-order valence-electron chi connectivity index (χ2n) is 20.1. The van der Waals surface area contributed by atoms with Crippen LogP contribution in [0, 0.1) is 23.7 Å². The van der Waals surface area contributed by atoms with Crippen molar-refractivity contribution >= 4 is 51.3 Å². The summed E-state index contributed by atoms with van der Waals surface area (Å²) in [5.41, 5.74) is 11.7. The van der Waals surface area contributed by atoms with E-state index in [4.69, 9.17) is 20.2 Å². The lowest BCUT2D eigenvalue weighted by molar-refractivity contribution is -0.144. The highest BCUT2D eigenvalue weighted by Crippen LogP contribution is 2.48. The van der Waals surface area contributed by atoms with Gasteiger partial charge in [0.25, 0.3) is 0 Å². The molecule has 0 spiro atoms. The minimum Gasteiger partial charge on any atom is -0.391 e. The van der Waals surface area contributed by atoms with E-state index < -0.39 is 29.0 Å². The first-order valence-electron chi connectivity index (χ1n) is 24.1. The van der Waals surface area contributed by atoms with E-state index in [1.807, 2.05) is 64.4 Å². The molecule has 8 rings (SSSR count). The number of fused-ring (bicyclic) bond motifs is 1. The van der Waals surface area contributed by atoms with E-state index in [2.05, 4.69) is 48.6 Å². The number of aryl methyl sites for hydroxylation is 2. The third kappa shape index (κ3) is 11.0. The number of amides is 3. The molecule has 2 aliphatic heterocycles. The van der Waals surface area contributed by atoms with Gasteiger partial charge in [-0.25, -0.2) is 15.0 Å². The van der Waals surface area contributed by atoms with Crippen molar-refractivity contribution in [3.05, 3.63) is 75.2 Å². The number of likely N-dealkylation sites (tertiary alicyclic amines) is 1. The predicted molar refractivity (Wildman–Crippen MR) is 266 cm³/mol. The SMILES string of the molecule is Cc1ncsc1-c1ccc(CNC(=O)[C@@H]2C[C@@H](O)CN2C(=O)[C@@H](NC(=O)CCCCCN2CCCN(c3nccc(-c4noc([C@@]5(C)CCCc6sc(N)c(C#N)c65)n4)n3)[C@@H](C)C2)C(C)(C)C)cc1. The number of carbonyl (C=O) groups is 3. The molecule has 0 bridgehead atoms. The fraction of sp³-hybridized carbons (Fsp3) is 0.540. The minimum absolute atomic E-state index is 0.0232. The summed E-state index contributed by atoms with van der Waals surface area (Å²) in [6.45, 7) is 15.6. The summed E-state index contributed by atoms with van der Waals surface area (Å²) < 4.78 is 5.89. The van der Waals surface area contributed by atoms with E-state index in [1.165, 1.54) is 16.2 Å². The number of benzene rings is 1. The molecule has 0 saturated carbocycles. The number of hydrogen-bond donors (Lipinski definition) is 4. The third-order valence-electron chi connectivity index (χ3n) is 13.8. The third-order valence-corrected chi connectivity index (χ3v) is 15.9. The number of nitrogen functional groups attached to an aromatic ring is 1. The van der Waals surface area contributed by atoms with Crippen molar-refractivity contribution in [2.45, 2.75) is 136 Å². The van der Waals surface area contributed by atoms with Gasteiger partial charge >= 0.3 is 0 Å². The number of rotatable bonds is 15. The van der Waals surface area contributed by atoms with Gasteiger partial charge in [-0.15, -0.1) is 22.7 Å². The fourth-order valence-electron chi connectivity index (χ4n) is 10.0. The first-order valence-corrected chi connectivity index (χ1v) is 25.8. The molecule has 366 valence electrons. The highest BCUT2D eigenvalue weighted by Gasteiger charge is 2.45. The van der Waals surface area contributed by atoms with Crippen LogP contribution in [0.3, 0.4) is 0 Å². The van der Waals surface area contributed by atoms with E-state index in [-0.39, 0.29) is 49.7 Å². The van der Waals surface area contributed by atoms with Crippen molar-refractivity contribution in [1.82, 2.24) is 45.5 Å². The van der Waals surface area contributed by atoms with Crippen LogP contribution in [0.4, 0.5) is 10.9 Å². The van der Waals surface area contributed by atoms with Gasteiger partial charge in [-0.05, 0) is 95.0 Å². The number of aliphatic hydroxyl groups is 1. The van der Waals surface area contributed by atoms with Crippen LogP contribution in [0.2, 0.25) is 0 Å². The van der Waals surface area contributed by atoms with Gasteiger partial charge < -0.3 is 40.7 Å². The number of nitrogens with one attached hydrogen (secondary N) is 2. The number of nitriles is 1. The average molecular weight is 977 g/mol. The molecule has 69 heavy (non-hydrogen) atoms. The molecular weight excluding hydrogens is 913 g/mol. The standard InChI is InChI=1S/C50H64N12O5S2/c1-30-27-60(22-11-23-61(30)48-53-20-18-36(56-48)44-58-47(67-59-44)50(6)19-10-12-38-40(50)35(25-51)43(52)69-38)21-9-7-8-13-39(64)57-42(49(3,4)5)46(66)62-28-34(63)24-37(62)45(65)54-26-32-14-16-33(17-15-32)41-31(2)55-29-68-41/h14-18,20,29-30,34,37,42,63H,7-13,19,21-24,26-28,52H2,1-6H3,(H,54,65)(H,57,64)/t30-,34+,37-,42+,50-/m0/s1. The van der Waals surface area contributed by atoms with Crippen molar-refractivity contribution in [1.29, 1.82) is 5.26 Å². The van der Waals surface area contributed by atoms with E-state index in [9.17, 15) is 24.8 Å². The van der Waals surface area contributed by atoms with Crippen LogP contribution in [0.25, 0.3) is 22.0 Å². The molecule has 3 amide bonds. The zero-order valence-corrected chi connectivity index (χ0v) is 42.1. The molecule has 6 heterocycles. The maximum absolute atomic E-state index is 14.1. The molecule has 5 N–H and O–H groups in total. The second kappa shape index (κ2) is 21.0. The Labute approximate surface area is 411 Å². The summed E-state index contributed by atoms with van der Waals surface area (Å²) in [6, 6.07) is 10.4. The van der Waals surface area contributed by atoms with Crippen LogP contribution in [0.15, 0.2) is 46.6 Å². The Morgan fingerprint density at radius 1 is 1.07 bits per heavy atom. The normalized spacial score (nSPS) is 21.3. The van der Waals surface area contributed by atoms with Crippen molar-refractivity contribution in [2.24, 2.45) is 5.41 Å². The highest BCUT2D eigenvalue weighted by atomic mass is 32.1. The average Bonchev–Trinajstić information content (AvgIpc) is 4.13. The zero-order valence-electron chi connectivity index (χ0n) is 40.5. The van der Waals surface area contributed by atoms with Crippen molar-refractivity contribution in [3.63, 3.8) is 0 Å². The lowest BCUT2D eigenvalue weighted by Crippen LogP contribution is -2.57. The Hall–Kier alpha value is -5.81. The number of β-amino-alcohol motifs (C(OH)–C–C–N with tert-alkyl or cyclic N) is 1. The van der Waals surface area contributed by atoms with Gasteiger partial charge in [0.2, 0.25) is 35.4 Å². The minimum atomic E-state index is -0.872. The first-order chi connectivity index (χ1) is 33.0. The quantitative estimate of drug-likeness (QED) is 0.0834. The largest absolute Gasteiger partial charge is 0.391 e. The van der Waals surface area contributed by atoms with Crippen LogP contribution in [0.1, 0.15) is 119 Å². The molecular formula is C50H64N12O5S2. The van der Waals surface area contributed by atoms with Gasteiger partial charge in [-0.3, -0.25) is 14.4 Å². The maximum atomic E-state index is 14.1. The fourth-order valence-corrected chi connectivity index (χ4v) is 12.0. The first kappa shape index (κ1) is 49.6. The molecule has 0 unspecified atom stereocenters. The molecule has 1 aliphatic carbocycles. The highest BCUT2D eigenvalue weighted by molar-refractivity contribution is 7.16. The molecule has 2 saturated heterocycles. The van der Waals surface area contributed by atoms with Crippen LogP contribution in [-0.4, -0.2) is 115 Å². The number of thiophene rings is 1. The van der Waals surface area contributed by atoms with Gasteiger partial charge in [0, 0.05) is 61.7 Å². The Balaban J connectivity index is 0.796. The topological polar surface area (TPSA) is 233 Å². The summed E-state index contributed by atoms with van der Waals surface area (Å²) in [7, 11) is 0. The van der Waals surface area contributed by atoms with E-state index in [0.29, 0.717) is 40.3 Å². The number of thiazole rings is 1. The second-order valence-corrected chi connectivity index (χ2v) is 22.0.